The summed E-state index contributed by atoms with van der Waals surface area (Å²) in [4.78, 5) is 26.0. The lowest BCUT2D eigenvalue weighted by Crippen LogP contribution is -2.49. The molecule has 134 valence electrons. The summed E-state index contributed by atoms with van der Waals surface area (Å²) in [6.45, 7) is 10.6. The first kappa shape index (κ1) is 20.0. The van der Waals surface area contributed by atoms with Crippen LogP contribution in [0.3, 0.4) is 0 Å². The fourth-order valence-corrected chi connectivity index (χ4v) is 3.37. The zero-order chi connectivity index (χ0) is 16.4. The number of esters is 1. The maximum Gasteiger partial charge on any atom is 0.410 e. The van der Waals surface area contributed by atoms with E-state index in [0.29, 0.717) is 26.2 Å². The monoisotopic (exact) mass is 348 g/mol. The Hall–Kier alpha value is -1.01. The summed E-state index contributed by atoms with van der Waals surface area (Å²) in [6, 6.07) is 0. The highest BCUT2D eigenvalue weighted by Crippen LogP contribution is 2.42. The molecule has 1 atom stereocenters. The van der Waals surface area contributed by atoms with Gasteiger partial charge in [0.1, 0.15) is 5.60 Å². The zero-order valence-corrected chi connectivity index (χ0v) is 15.3. The van der Waals surface area contributed by atoms with Gasteiger partial charge in [-0.1, -0.05) is 0 Å². The molecule has 1 N–H and O–H groups in total. The Morgan fingerprint density at radius 2 is 1.87 bits per heavy atom. The van der Waals surface area contributed by atoms with Gasteiger partial charge in [0.25, 0.3) is 0 Å². The second kappa shape index (κ2) is 7.71. The molecule has 1 spiro atoms. The lowest BCUT2D eigenvalue weighted by atomic mass is 9.71. The van der Waals surface area contributed by atoms with E-state index in [1.54, 1.807) is 4.90 Å². The van der Waals surface area contributed by atoms with E-state index in [4.69, 9.17) is 9.47 Å². The van der Waals surface area contributed by atoms with Gasteiger partial charge in [0.05, 0.1) is 12.5 Å². The van der Waals surface area contributed by atoms with E-state index in [0.717, 1.165) is 19.4 Å². The van der Waals surface area contributed by atoms with Gasteiger partial charge in [-0.15, -0.1) is 12.4 Å². The number of hydrogen-bond donors (Lipinski definition) is 1. The maximum absolute atomic E-state index is 12.2. The number of piperidine rings is 1. The van der Waals surface area contributed by atoms with Crippen molar-refractivity contribution in [3.63, 3.8) is 0 Å². The van der Waals surface area contributed by atoms with Crippen LogP contribution in [-0.2, 0) is 14.3 Å². The number of nitrogens with one attached hydrogen (secondary N) is 1. The highest BCUT2D eigenvalue weighted by atomic mass is 35.5. The van der Waals surface area contributed by atoms with Crippen molar-refractivity contribution in [3.05, 3.63) is 0 Å². The normalized spacial score (nSPS) is 23.3. The van der Waals surface area contributed by atoms with Gasteiger partial charge in [-0.05, 0) is 40.5 Å². The maximum atomic E-state index is 12.2. The Labute approximate surface area is 144 Å². The third-order valence-corrected chi connectivity index (χ3v) is 4.55. The first-order chi connectivity index (χ1) is 10.3. The van der Waals surface area contributed by atoms with Crippen LogP contribution in [0.5, 0.6) is 0 Å². The molecule has 0 aromatic carbocycles. The quantitative estimate of drug-likeness (QED) is 0.775. The van der Waals surface area contributed by atoms with E-state index < -0.39 is 5.60 Å². The van der Waals surface area contributed by atoms with E-state index in [9.17, 15) is 9.59 Å². The van der Waals surface area contributed by atoms with Crippen molar-refractivity contribution in [2.24, 2.45) is 11.3 Å². The van der Waals surface area contributed by atoms with Crippen molar-refractivity contribution >= 4 is 24.5 Å². The Bertz CT molecular complexity index is 428. The molecule has 2 heterocycles. The summed E-state index contributed by atoms with van der Waals surface area (Å²) in [7, 11) is 0. The molecule has 0 aromatic rings. The Morgan fingerprint density at radius 3 is 2.39 bits per heavy atom. The summed E-state index contributed by atoms with van der Waals surface area (Å²) < 4.78 is 10.6. The van der Waals surface area contributed by atoms with E-state index in [-0.39, 0.29) is 35.8 Å². The lowest BCUT2D eigenvalue weighted by molar-refractivity contribution is -0.152. The van der Waals surface area contributed by atoms with E-state index in [1.807, 2.05) is 27.7 Å². The SMILES string of the molecule is CCOC(=O)C1CNCC12CCN(C(=O)OC(C)(C)C)CC2.Cl. The Kier molecular flexibility index (Phi) is 6.71. The molecule has 0 bridgehead atoms. The van der Waals surface area contributed by atoms with E-state index >= 15 is 0 Å². The molecule has 2 aliphatic rings. The number of carbonyl (C=O) groups is 2. The molecule has 2 aliphatic heterocycles. The van der Waals surface area contributed by atoms with Crippen LogP contribution in [0, 0.1) is 11.3 Å². The number of ether oxygens (including phenoxy) is 2. The largest absolute Gasteiger partial charge is 0.466 e. The first-order valence-corrected chi connectivity index (χ1v) is 8.13. The van der Waals surface area contributed by atoms with Crippen LogP contribution < -0.4 is 5.32 Å². The Morgan fingerprint density at radius 1 is 1.26 bits per heavy atom. The smallest absolute Gasteiger partial charge is 0.410 e. The van der Waals surface area contributed by atoms with Crippen LogP contribution in [0.4, 0.5) is 4.79 Å². The molecule has 2 rings (SSSR count). The molecule has 6 nitrogen and oxygen atoms in total. The van der Waals surface area contributed by atoms with Crippen molar-refractivity contribution in [1.29, 1.82) is 0 Å². The van der Waals surface area contributed by atoms with Crippen LogP contribution in [-0.4, -0.2) is 55.3 Å². The van der Waals surface area contributed by atoms with Gasteiger partial charge in [0.15, 0.2) is 0 Å². The number of nitrogens with zero attached hydrogens (tertiary/aromatic N) is 1. The molecule has 0 saturated carbocycles. The van der Waals surface area contributed by atoms with Crippen LogP contribution in [0.25, 0.3) is 0 Å². The number of carbonyl (C=O) groups excluding carboxylic acids is 2. The molecular weight excluding hydrogens is 320 g/mol. The first-order valence-electron chi connectivity index (χ1n) is 8.13. The van der Waals surface area contributed by atoms with Crippen molar-refractivity contribution < 1.29 is 19.1 Å². The number of amides is 1. The third-order valence-electron chi connectivity index (χ3n) is 4.55. The summed E-state index contributed by atoms with van der Waals surface area (Å²) in [5.74, 6) is -0.216. The molecule has 7 heteroatoms. The number of rotatable bonds is 2. The average molecular weight is 349 g/mol. The van der Waals surface area contributed by atoms with Gasteiger partial charge in [-0.25, -0.2) is 4.79 Å². The topological polar surface area (TPSA) is 67.9 Å². The Balaban J connectivity index is 0.00000264. The second-order valence-corrected chi connectivity index (χ2v) is 7.27. The molecule has 23 heavy (non-hydrogen) atoms. The van der Waals surface area contributed by atoms with Gasteiger partial charge in [-0.2, -0.15) is 0 Å². The lowest BCUT2D eigenvalue weighted by Gasteiger charge is -2.41. The highest BCUT2D eigenvalue weighted by Gasteiger charge is 2.49. The van der Waals surface area contributed by atoms with Crippen LogP contribution in [0.15, 0.2) is 0 Å². The fraction of sp³-hybridized carbons (Fsp3) is 0.875. The molecule has 1 amide bonds. The molecule has 2 saturated heterocycles. The van der Waals surface area contributed by atoms with Crippen molar-refractivity contribution in [3.8, 4) is 0 Å². The second-order valence-electron chi connectivity index (χ2n) is 7.27. The fourth-order valence-electron chi connectivity index (χ4n) is 3.37. The molecule has 1 unspecified atom stereocenters. The van der Waals surface area contributed by atoms with Crippen molar-refractivity contribution in [1.82, 2.24) is 10.2 Å². The van der Waals surface area contributed by atoms with Gasteiger partial charge < -0.3 is 19.7 Å². The zero-order valence-electron chi connectivity index (χ0n) is 14.5. The molecule has 2 fully saturated rings. The average Bonchev–Trinajstić information content (AvgIpc) is 2.81. The number of likely N-dealkylation sites (tertiary alicyclic amines) is 1. The van der Waals surface area contributed by atoms with Gasteiger partial charge in [-0.3, -0.25) is 4.79 Å². The van der Waals surface area contributed by atoms with Crippen LogP contribution in [0.1, 0.15) is 40.5 Å². The van der Waals surface area contributed by atoms with Crippen molar-refractivity contribution in [2.75, 3.05) is 32.8 Å². The van der Waals surface area contributed by atoms with Gasteiger partial charge in [0.2, 0.25) is 0 Å². The predicted molar refractivity (Wildman–Crippen MR) is 89.7 cm³/mol. The van der Waals surface area contributed by atoms with Crippen LogP contribution >= 0.6 is 12.4 Å². The number of hydrogen-bond acceptors (Lipinski definition) is 5. The highest BCUT2D eigenvalue weighted by molar-refractivity contribution is 5.85. The number of halogens is 1. The summed E-state index contributed by atoms with van der Waals surface area (Å²) in [6.07, 6.45) is 1.35. The summed E-state index contributed by atoms with van der Waals surface area (Å²) >= 11 is 0. The minimum absolute atomic E-state index is 0. The van der Waals surface area contributed by atoms with E-state index in [2.05, 4.69) is 5.32 Å². The molecular formula is C16H29ClN2O4. The van der Waals surface area contributed by atoms with Gasteiger partial charge in [0, 0.05) is 31.6 Å². The molecule has 0 aliphatic carbocycles. The minimum Gasteiger partial charge on any atom is -0.466 e. The van der Waals surface area contributed by atoms with Gasteiger partial charge >= 0.3 is 12.1 Å². The minimum atomic E-state index is -0.478. The summed E-state index contributed by atoms with van der Waals surface area (Å²) in [5, 5.41) is 3.32. The van der Waals surface area contributed by atoms with Crippen LogP contribution in [0.2, 0.25) is 0 Å². The molecule has 0 radical (unpaired) electrons. The summed E-state index contributed by atoms with van der Waals surface area (Å²) in [5.41, 5.74) is -0.556. The van der Waals surface area contributed by atoms with Crippen molar-refractivity contribution in [2.45, 2.75) is 46.1 Å². The third kappa shape index (κ3) is 4.73. The standard InChI is InChI=1S/C16H28N2O4.ClH/c1-5-21-13(19)12-10-17-11-16(12)6-8-18(9-7-16)14(20)22-15(2,3)4;/h12,17H,5-11H2,1-4H3;1H. The van der Waals surface area contributed by atoms with E-state index in [1.165, 1.54) is 0 Å². The molecule has 0 aromatic heterocycles. The predicted octanol–water partition coefficient (Wildman–Crippen LogP) is 2.21.